The van der Waals surface area contributed by atoms with Crippen molar-refractivity contribution >= 4 is 23.4 Å². The van der Waals surface area contributed by atoms with Gasteiger partial charge < -0.3 is 16.0 Å². The van der Waals surface area contributed by atoms with E-state index in [4.69, 9.17) is 5.73 Å². The van der Waals surface area contributed by atoms with Crippen LogP contribution in [-0.4, -0.2) is 57.1 Å². The van der Waals surface area contributed by atoms with Crippen molar-refractivity contribution in [3.8, 4) is 11.4 Å². The SMILES string of the molecule is CCN(CC)CCSCC(=O)Nc1ccc(-c2n[nH]c(CN)n2)cc1. The van der Waals surface area contributed by atoms with Crippen LogP contribution in [0.5, 0.6) is 0 Å². The van der Waals surface area contributed by atoms with Gasteiger partial charge in [0, 0.05) is 23.5 Å². The van der Waals surface area contributed by atoms with Gasteiger partial charge >= 0.3 is 0 Å². The summed E-state index contributed by atoms with van der Waals surface area (Å²) in [4.78, 5) is 18.6. The van der Waals surface area contributed by atoms with E-state index in [-0.39, 0.29) is 5.91 Å². The number of anilines is 1. The predicted molar refractivity (Wildman–Crippen MR) is 103 cm³/mol. The highest BCUT2D eigenvalue weighted by Crippen LogP contribution is 2.18. The van der Waals surface area contributed by atoms with Crippen LogP contribution in [0.1, 0.15) is 19.7 Å². The van der Waals surface area contributed by atoms with Crippen LogP contribution in [0.25, 0.3) is 11.4 Å². The summed E-state index contributed by atoms with van der Waals surface area (Å²) in [5.74, 6) is 2.69. The smallest absolute Gasteiger partial charge is 0.234 e. The monoisotopic (exact) mass is 362 g/mol. The highest BCUT2D eigenvalue weighted by molar-refractivity contribution is 7.99. The van der Waals surface area contributed by atoms with Crippen molar-refractivity contribution in [2.45, 2.75) is 20.4 Å². The summed E-state index contributed by atoms with van der Waals surface area (Å²) in [6, 6.07) is 7.47. The lowest BCUT2D eigenvalue weighted by Crippen LogP contribution is -2.26. The maximum atomic E-state index is 12.0. The van der Waals surface area contributed by atoms with Gasteiger partial charge in [0.15, 0.2) is 5.82 Å². The first-order valence-electron chi connectivity index (χ1n) is 8.48. The summed E-state index contributed by atoms with van der Waals surface area (Å²) in [6.45, 7) is 7.74. The van der Waals surface area contributed by atoms with Gasteiger partial charge in [-0.3, -0.25) is 9.89 Å². The lowest BCUT2D eigenvalue weighted by atomic mass is 10.2. The quantitative estimate of drug-likeness (QED) is 0.559. The first kappa shape index (κ1) is 19.4. The van der Waals surface area contributed by atoms with Crippen molar-refractivity contribution in [3.05, 3.63) is 30.1 Å². The number of aromatic amines is 1. The van der Waals surface area contributed by atoms with Gasteiger partial charge in [0.25, 0.3) is 0 Å². The molecule has 8 heteroatoms. The van der Waals surface area contributed by atoms with Gasteiger partial charge in [-0.2, -0.15) is 16.9 Å². The zero-order chi connectivity index (χ0) is 18.1. The third-order valence-electron chi connectivity index (χ3n) is 3.83. The van der Waals surface area contributed by atoms with E-state index in [1.54, 1.807) is 11.8 Å². The summed E-state index contributed by atoms with van der Waals surface area (Å²) in [6.07, 6.45) is 0. The number of aromatic nitrogens is 3. The Morgan fingerprint density at radius 2 is 2.00 bits per heavy atom. The third kappa shape index (κ3) is 6.15. The molecule has 0 spiro atoms. The molecule has 136 valence electrons. The molecule has 2 rings (SSSR count). The molecule has 0 unspecified atom stereocenters. The van der Waals surface area contributed by atoms with Gasteiger partial charge in [0.2, 0.25) is 5.91 Å². The third-order valence-corrected chi connectivity index (χ3v) is 4.77. The minimum Gasteiger partial charge on any atom is -0.325 e. The Kier molecular flexibility index (Phi) is 7.90. The number of carbonyl (C=O) groups excluding carboxylic acids is 1. The second-order valence-electron chi connectivity index (χ2n) is 5.51. The van der Waals surface area contributed by atoms with Gasteiger partial charge in [-0.1, -0.05) is 13.8 Å². The number of thioether (sulfide) groups is 1. The van der Waals surface area contributed by atoms with Crippen LogP contribution in [-0.2, 0) is 11.3 Å². The highest BCUT2D eigenvalue weighted by atomic mass is 32.2. The summed E-state index contributed by atoms with van der Waals surface area (Å²) < 4.78 is 0. The molecule has 0 aliphatic carbocycles. The Morgan fingerprint density at radius 3 is 2.60 bits per heavy atom. The average Bonchev–Trinajstić information content (AvgIpc) is 3.12. The molecule has 0 fully saturated rings. The van der Waals surface area contributed by atoms with E-state index in [1.807, 2.05) is 24.3 Å². The minimum absolute atomic E-state index is 0.0145. The van der Waals surface area contributed by atoms with Gasteiger partial charge in [-0.25, -0.2) is 4.98 Å². The van der Waals surface area contributed by atoms with Crippen molar-refractivity contribution in [1.82, 2.24) is 20.1 Å². The topological polar surface area (TPSA) is 99.9 Å². The van der Waals surface area contributed by atoms with Crippen molar-refractivity contribution in [1.29, 1.82) is 0 Å². The molecule has 2 aromatic rings. The number of rotatable bonds is 10. The van der Waals surface area contributed by atoms with E-state index in [0.29, 0.717) is 23.9 Å². The standard InChI is InChI=1S/C17H26N6OS/c1-3-23(4-2)9-10-25-12-16(24)19-14-7-5-13(6-8-14)17-20-15(11-18)21-22-17/h5-8H,3-4,9-12,18H2,1-2H3,(H,19,24)(H,20,21,22). The van der Waals surface area contributed by atoms with Crippen LogP contribution in [0.15, 0.2) is 24.3 Å². The number of H-pyrrole nitrogens is 1. The summed E-state index contributed by atoms with van der Waals surface area (Å²) >= 11 is 1.66. The molecule has 7 nitrogen and oxygen atoms in total. The van der Waals surface area contributed by atoms with Gasteiger partial charge in [-0.15, -0.1) is 0 Å². The molecule has 1 amide bonds. The zero-order valence-corrected chi connectivity index (χ0v) is 15.6. The first-order valence-corrected chi connectivity index (χ1v) is 9.63. The van der Waals surface area contributed by atoms with Crippen LogP contribution in [0.4, 0.5) is 5.69 Å². The predicted octanol–water partition coefficient (Wildman–Crippen LogP) is 1.94. The lowest BCUT2D eigenvalue weighted by molar-refractivity contribution is -0.113. The molecule has 0 saturated carbocycles. The number of nitrogens with zero attached hydrogens (tertiary/aromatic N) is 3. The Balaban J connectivity index is 1.77. The number of nitrogens with one attached hydrogen (secondary N) is 2. The van der Waals surface area contributed by atoms with Crippen molar-refractivity contribution in [3.63, 3.8) is 0 Å². The maximum Gasteiger partial charge on any atom is 0.234 e. The summed E-state index contributed by atoms with van der Waals surface area (Å²) in [5, 5.41) is 9.81. The van der Waals surface area contributed by atoms with E-state index >= 15 is 0 Å². The Bertz CT molecular complexity index is 653. The van der Waals surface area contributed by atoms with Crippen LogP contribution in [0.3, 0.4) is 0 Å². The summed E-state index contributed by atoms with van der Waals surface area (Å²) in [5.41, 5.74) is 7.16. The number of benzene rings is 1. The number of hydrogen-bond donors (Lipinski definition) is 3. The molecule has 1 aromatic carbocycles. The van der Waals surface area contributed by atoms with Gasteiger partial charge in [0.05, 0.1) is 12.3 Å². The van der Waals surface area contributed by atoms with Crippen molar-refractivity contribution in [2.75, 3.05) is 36.5 Å². The molecule has 25 heavy (non-hydrogen) atoms. The number of hydrogen-bond acceptors (Lipinski definition) is 6. The molecule has 1 heterocycles. The summed E-state index contributed by atoms with van der Waals surface area (Å²) in [7, 11) is 0. The fraction of sp³-hybridized carbons (Fsp3) is 0.471. The van der Waals surface area contributed by atoms with Crippen LogP contribution < -0.4 is 11.1 Å². The van der Waals surface area contributed by atoms with Crippen molar-refractivity contribution in [2.24, 2.45) is 5.73 Å². The lowest BCUT2D eigenvalue weighted by Gasteiger charge is -2.17. The van der Waals surface area contributed by atoms with E-state index in [9.17, 15) is 4.79 Å². The Labute approximate surface area is 152 Å². The number of nitrogens with two attached hydrogens (primary N) is 1. The zero-order valence-electron chi connectivity index (χ0n) is 14.8. The normalized spacial score (nSPS) is 11.0. The fourth-order valence-corrected chi connectivity index (χ4v) is 3.10. The molecule has 0 atom stereocenters. The molecule has 0 aliphatic heterocycles. The number of amides is 1. The van der Waals surface area contributed by atoms with E-state index in [2.05, 4.69) is 39.2 Å². The molecule has 4 N–H and O–H groups in total. The molecule has 0 radical (unpaired) electrons. The number of carbonyl (C=O) groups is 1. The average molecular weight is 363 g/mol. The highest BCUT2D eigenvalue weighted by Gasteiger charge is 2.07. The van der Waals surface area contributed by atoms with E-state index < -0.39 is 0 Å². The largest absolute Gasteiger partial charge is 0.325 e. The van der Waals surface area contributed by atoms with Crippen molar-refractivity contribution < 1.29 is 4.79 Å². The van der Waals surface area contributed by atoms with Gasteiger partial charge in [0.1, 0.15) is 5.82 Å². The van der Waals surface area contributed by atoms with Crippen LogP contribution in [0, 0.1) is 0 Å². The second-order valence-corrected chi connectivity index (χ2v) is 6.62. The molecular weight excluding hydrogens is 336 g/mol. The molecule has 0 bridgehead atoms. The van der Waals surface area contributed by atoms with E-state index in [1.165, 1.54) is 0 Å². The fourth-order valence-electron chi connectivity index (χ4n) is 2.31. The van der Waals surface area contributed by atoms with E-state index in [0.717, 1.165) is 36.6 Å². The molecule has 0 saturated heterocycles. The van der Waals surface area contributed by atoms with Gasteiger partial charge in [-0.05, 0) is 37.4 Å². The van der Waals surface area contributed by atoms with Crippen LogP contribution in [0.2, 0.25) is 0 Å². The minimum atomic E-state index is 0.0145. The molecular formula is C17H26N6OS. The second kappa shape index (κ2) is 10.2. The maximum absolute atomic E-state index is 12.0. The Hall–Kier alpha value is -1.90. The van der Waals surface area contributed by atoms with Crippen LogP contribution >= 0.6 is 11.8 Å². The molecule has 0 aliphatic rings. The molecule has 1 aromatic heterocycles. The first-order chi connectivity index (χ1) is 12.2. The Morgan fingerprint density at radius 1 is 1.28 bits per heavy atom.